The molecular formula is C22H30N3O3S+. The molecule has 1 aliphatic rings. The van der Waals surface area contributed by atoms with Crippen molar-refractivity contribution in [1.29, 1.82) is 0 Å². The first-order valence-corrected chi connectivity index (χ1v) is 11.7. The Morgan fingerprint density at radius 2 is 1.62 bits per heavy atom. The Kier molecular flexibility index (Phi) is 6.92. The summed E-state index contributed by atoms with van der Waals surface area (Å²) in [5, 5.41) is 0. The number of quaternary nitrogens is 1. The number of nitrogens with one attached hydrogen (secondary N) is 1. The predicted octanol–water partition coefficient (Wildman–Crippen LogP) is 1.65. The summed E-state index contributed by atoms with van der Waals surface area (Å²) in [5.74, 6) is -0.0279. The van der Waals surface area contributed by atoms with Crippen molar-refractivity contribution >= 4 is 21.6 Å². The smallest absolute Gasteiger partial charge is 0.264 e. The molecule has 0 bridgehead atoms. The number of carbonyl (C=O) groups excluding carboxylic acids is 1. The van der Waals surface area contributed by atoms with Gasteiger partial charge < -0.3 is 9.80 Å². The molecule has 0 aromatic heterocycles. The minimum atomic E-state index is -3.68. The van der Waals surface area contributed by atoms with Gasteiger partial charge >= 0.3 is 0 Å². The first-order valence-electron chi connectivity index (χ1n) is 10.3. The zero-order valence-corrected chi connectivity index (χ0v) is 18.0. The Labute approximate surface area is 173 Å². The first-order chi connectivity index (χ1) is 14.0. The van der Waals surface area contributed by atoms with Crippen LogP contribution in [0.15, 0.2) is 59.5 Å². The number of piperazine rings is 1. The monoisotopic (exact) mass is 416 g/mol. The highest BCUT2D eigenvalue weighted by Gasteiger charge is 2.26. The summed E-state index contributed by atoms with van der Waals surface area (Å²) in [7, 11) is -3.68. The van der Waals surface area contributed by atoms with Crippen molar-refractivity contribution in [2.24, 2.45) is 0 Å². The SMILES string of the molecule is CCC[NH+]1CCN(C(=O)c2ccc(S(=O)(=O)N(CC)c3ccccc3)cc2)CC1. The number of amides is 1. The van der Waals surface area contributed by atoms with E-state index in [0.29, 0.717) is 17.8 Å². The third-order valence-corrected chi connectivity index (χ3v) is 7.30. The second-order valence-corrected chi connectivity index (χ2v) is 9.18. The van der Waals surface area contributed by atoms with E-state index in [1.807, 2.05) is 30.0 Å². The van der Waals surface area contributed by atoms with Crippen LogP contribution in [0.5, 0.6) is 0 Å². The van der Waals surface area contributed by atoms with E-state index in [1.165, 1.54) is 16.4 Å². The van der Waals surface area contributed by atoms with E-state index in [4.69, 9.17) is 0 Å². The van der Waals surface area contributed by atoms with Gasteiger partial charge in [-0.1, -0.05) is 25.1 Å². The molecule has 0 saturated carbocycles. The largest absolute Gasteiger partial charge is 0.332 e. The highest BCUT2D eigenvalue weighted by Crippen LogP contribution is 2.23. The summed E-state index contributed by atoms with van der Waals surface area (Å²) in [6.45, 7) is 8.88. The highest BCUT2D eigenvalue weighted by atomic mass is 32.2. The summed E-state index contributed by atoms with van der Waals surface area (Å²) in [4.78, 5) is 16.4. The summed E-state index contributed by atoms with van der Waals surface area (Å²) in [6, 6.07) is 15.4. The highest BCUT2D eigenvalue weighted by molar-refractivity contribution is 7.92. The molecule has 1 fully saturated rings. The minimum absolute atomic E-state index is 0.0279. The molecule has 2 aromatic rings. The fraction of sp³-hybridized carbons (Fsp3) is 0.409. The van der Waals surface area contributed by atoms with Gasteiger partial charge in [0.2, 0.25) is 0 Å². The molecule has 29 heavy (non-hydrogen) atoms. The van der Waals surface area contributed by atoms with Crippen LogP contribution in [-0.4, -0.2) is 58.5 Å². The fourth-order valence-corrected chi connectivity index (χ4v) is 5.27. The van der Waals surface area contributed by atoms with Crippen LogP contribution in [0, 0.1) is 0 Å². The Morgan fingerprint density at radius 3 is 2.17 bits per heavy atom. The van der Waals surface area contributed by atoms with Gasteiger partial charge in [-0.3, -0.25) is 9.10 Å². The van der Waals surface area contributed by atoms with Crippen molar-refractivity contribution in [1.82, 2.24) is 4.90 Å². The molecule has 1 N–H and O–H groups in total. The van der Waals surface area contributed by atoms with Gasteiger partial charge in [-0.2, -0.15) is 0 Å². The second kappa shape index (κ2) is 9.41. The van der Waals surface area contributed by atoms with Gasteiger partial charge in [-0.15, -0.1) is 0 Å². The van der Waals surface area contributed by atoms with Crippen LogP contribution in [0.3, 0.4) is 0 Å². The average molecular weight is 417 g/mol. The quantitative estimate of drug-likeness (QED) is 0.747. The van der Waals surface area contributed by atoms with Crippen LogP contribution >= 0.6 is 0 Å². The molecule has 156 valence electrons. The van der Waals surface area contributed by atoms with Gasteiger partial charge in [-0.25, -0.2) is 8.42 Å². The average Bonchev–Trinajstić information content (AvgIpc) is 2.75. The number of anilines is 1. The normalized spacial score (nSPS) is 15.3. The number of hydrogen-bond donors (Lipinski definition) is 1. The second-order valence-electron chi connectivity index (χ2n) is 7.32. The molecule has 1 heterocycles. The van der Waals surface area contributed by atoms with Crippen LogP contribution in [0.25, 0.3) is 0 Å². The number of rotatable bonds is 7. The maximum Gasteiger partial charge on any atom is 0.264 e. The van der Waals surface area contributed by atoms with E-state index in [1.54, 1.807) is 29.2 Å². The van der Waals surface area contributed by atoms with Crippen molar-refractivity contribution in [3.63, 3.8) is 0 Å². The number of para-hydroxylation sites is 1. The maximum absolute atomic E-state index is 13.1. The van der Waals surface area contributed by atoms with Gasteiger partial charge in [0.05, 0.1) is 43.3 Å². The lowest BCUT2D eigenvalue weighted by molar-refractivity contribution is -0.904. The van der Waals surface area contributed by atoms with Crippen molar-refractivity contribution in [2.45, 2.75) is 25.2 Å². The zero-order valence-electron chi connectivity index (χ0n) is 17.2. The third-order valence-electron chi connectivity index (χ3n) is 5.38. The van der Waals surface area contributed by atoms with Crippen LogP contribution in [0.4, 0.5) is 5.69 Å². The lowest BCUT2D eigenvalue weighted by atomic mass is 10.2. The first kappa shape index (κ1) is 21.3. The molecule has 1 amide bonds. The Morgan fingerprint density at radius 1 is 1.00 bits per heavy atom. The van der Waals surface area contributed by atoms with Crippen molar-refractivity contribution in [2.75, 3.05) is 43.6 Å². The Bertz CT molecular complexity index is 906. The molecular weight excluding hydrogens is 386 g/mol. The molecule has 0 atom stereocenters. The topological polar surface area (TPSA) is 62.1 Å². The molecule has 0 aliphatic carbocycles. The van der Waals surface area contributed by atoms with Crippen LogP contribution in [0.2, 0.25) is 0 Å². The van der Waals surface area contributed by atoms with E-state index < -0.39 is 10.0 Å². The number of carbonyl (C=O) groups is 1. The van der Waals surface area contributed by atoms with E-state index in [-0.39, 0.29) is 10.8 Å². The van der Waals surface area contributed by atoms with Crippen molar-refractivity contribution < 1.29 is 18.1 Å². The third kappa shape index (κ3) is 4.79. The van der Waals surface area contributed by atoms with Crippen molar-refractivity contribution in [3.8, 4) is 0 Å². The number of hydrogen-bond acceptors (Lipinski definition) is 3. The predicted molar refractivity (Wildman–Crippen MR) is 115 cm³/mol. The van der Waals surface area contributed by atoms with E-state index in [0.717, 1.165) is 39.1 Å². The fourth-order valence-electron chi connectivity index (χ4n) is 3.79. The molecule has 0 radical (unpaired) electrons. The van der Waals surface area contributed by atoms with Gasteiger partial charge in [0, 0.05) is 12.1 Å². The summed E-state index contributed by atoms with van der Waals surface area (Å²) in [5.41, 5.74) is 1.16. The molecule has 7 heteroatoms. The van der Waals surface area contributed by atoms with Crippen LogP contribution < -0.4 is 9.21 Å². The van der Waals surface area contributed by atoms with Gasteiger partial charge in [0.1, 0.15) is 0 Å². The summed E-state index contributed by atoms with van der Waals surface area (Å²) < 4.78 is 27.5. The number of sulfonamides is 1. The number of benzene rings is 2. The minimum Gasteiger partial charge on any atom is -0.332 e. The van der Waals surface area contributed by atoms with E-state index in [9.17, 15) is 13.2 Å². The molecule has 3 rings (SSSR count). The molecule has 6 nitrogen and oxygen atoms in total. The standard InChI is InChI=1S/C22H29N3O3S/c1-3-14-23-15-17-24(18-16-23)22(26)19-10-12-21(13-11-19)29(27,28)25(4-2)20-8-6-5-7-9-20/h5-13H,3-4,14-18H2,1-2H3/p+1. The molecule has 1 saturated heterocycles. The van der Waals surface area contributed by atoms with Gasteiger partial charge in [0.15, 0.2) is 0 Å². The molecule has 2 aromatic carbocycles. The van der Waals surface area contributed by atoms with Gasteiger partial charge in [0.25, 0.3) is 15.9 Å². The number of nitrogens with zero attached hydrogens (tertiary/aromatic N) is 2. The lowest BCUT2D eigenvalue weighted by Crippen LogP contribution is -3.14. The summed E-state index contributed by atoms with van der Waals surface area (Å²) in [6.07, 6.45) is 1.15. The van der Waals surface area contributed by atoms with Crippen molar-refractivity contribution in [3.05, 3.63) is 60.2 Å². The lowest BCUT2D eigenvalue weighted by Gasteiger charge is -2.32. The van der Waals surface area contributed by atoms with E-state index >= 15 is 0 Å². The van der Waals surface area contributed by atoms with E-state index in [2.05, 4.69) is 6.92 Å². The molecule has 0 spiro atoms. The molecule has 0 unspecified atom stereocenters. The molecule has 1 aliphatic heterocycles. The Hall–Kier alpha value is -2.38. The van der Waals surface area contributed by atoms with Gasteiger partial charge in [-0.05, 0) is 49.7 Å². The van der Waals surface area contributed by atoms with Crippen LogP contribution in [0.1, 0.15) is 30.6 Å². The summed E-state index contributed by atoms with van der Waals surface area (Å²) >= 11 is 0. The maximum atomic E-state index is 13.1. The zero-order chi connectivity index (χ0) is 20.9. The Balaban J connectivity index is 1.73. The van der Waals surface area contributed by atoms with Crippen LogP contribution in [-0.2, 0) is 10.0 Å².